The molecule has 17 heavy (non-hydrogen) atoms. The lowest BCUT2D eigenvalue weighted by molar-refractivity contribution is 0.281. The molecular weight excluding hydrogens is 240 g/mol. The molecule has 1 rings (SSSR count). The molecule has 0 saturated carbocycles. The lowest BCUT2D eigenvalue weighted by atomic mass is 10.1. The molecule has 1 unspecified atom stereocenters. The molecule has 0 saturated heterocycles. The van der Waals surface area contributed by atoms with Crippen molar-refractivity contribution in [2.45, 2.75) is 19.8 Å². The second-order valence-electron chi connectivity index (χ2n) is 4.09. The predicted molar refractivity (Wildman–Crippen MR) is 66.1 cm³/mol. The molecule has 0 radical (unpaired) electrons. The highest BCUT2D eigenvalue weighted by Crippen LogP contribution is 2.11. The normalized spacial score (nSPS) is 13.3. The van der Waals surface area contributed by atoms with E-state index in [2.05, 4.69) is 4.98 Å². The van der Waals surface area contributed by atoms with Crippen molar-refractivity contribution in [1.29, 1.82) is 0 Å². The zero-order chi connectivity index (χ0) is 12.7. The molecule has 0 aromatic carbocycles. The van der Waals surface area contributed by atoms with Crippen LogP contribution in [0.1, 0.15) is 19.8 Å². The van der Waals surface area contributed by atoms with E-state index in [1.54, 1.807) is 18.5 Å². The minimum absolute atomic E-state index is 0.0288. The number of rotatable bonds is 7. The van der Waals surface area contributed by atoms with Gasteiger partial charge in [-0.1, -0.05) is 6.92 Å². The van der Waals surface area contributed by atoms with Crippen LogP contribution in [0.25, 0.3) is 0 Å². The molecule has 2 N–H and O–H groups in total. The Bertz CT molecular complexity index is 420. The molecule has 0 amide bonds. The van der Waals surface area contributed by atoms with Crippen LogP contribution in [0.4, 0.5) is 0 Å². The Labute approximate surface area is 102 Å². The van der Waals surface area contributed by atoms with Crippen molar-refractivity contribution in [2.24, 2.45) is 11.1 Å². The van der Waals surface area contributed by atoms with Gasteiger partial charge in [-0.3, -0.25) is 4.98 Å². The van der Waals surface area contributed by atoms with Crippen molar-refractivity contribution in [3.63, 3.8) is 0 Å². The first-order valence-corrected chi connectivity index (χ1v) is 7.22. The van der Waals surface area contributed by atoms with E-state index in [1.165, 1.54) is 0 Å². The van der Waals surface area contributed by atoms with E-state index >= 15 is 0 Å². The third kappa shape index (κ3) is 6.91. The Kier molecular flexibility index (Phi) is 5.37. The monoisotopic (exact) mass is 258 g/mol. The van der Waals surface area contributed by atoms with Gasteiger partial charge >= 0.3 is 0 Å². The Morgan fingerprint density at radius 3 is 2.82 bits per heavy atom. The summed E-state index contributed by atoms with van der Waals surface area (Å²) in [5, 5.41) is 4.94. The summed E-state index contributed by atoms with van der Waals surface area (Å²) in [4.78, 5) is 3.93. The van der Waals surface area contributed by atoms with E-state index < -0.39 is 10.0 Å². The fourth-order valence-corrected chi connectivity index (χ4v) is 2.05. The van der Waals surface area contributed by atoms with Crippen LogP contribution in [0, 0.1) is 5.92 Å². The minimum atomic E-state index is -3.35. The first-order valence-electron chi connectivity index (χ1n) is 5.50. The van der Waals surface area contributed by atoms with Crippen LogP contribution < -0.4 is 9.88 Å². The molecule has 1 atom stereocenters. The molecule has 6 heteroatoms. The smallest absolute Gasteiger partial charge is 0.209 e. The molecule has 0 fully saturated rings. The van der Waals surface area contributed by atoms with Crippen LogP contribution in [0.5, 0.6) is 5.75 Å². The van der Waals surface area contributed by atoms with Crippen LogP contribution in [0.2, 0.25) is 0 Å². The Morgan fingerprint density at radius 1 is 1.47 bits per heavy atom. The Morgan fingerprint density at radius 2 is 2.24 bits per heavy atom. The highest BCUT2D eigenvalue weighted by Gasteiger charge is 2.08. The van der Waals surface area contributed by atoms with Crippen molar-refractivity contribution in [2.75, 3.05) is 12.4 Å². The molecule has 1 heterocycles. The number of ether oxygens (including phenoxy) is 1. The second kappa shape index (κ2) is 6.56. The average molecular weight is 258 g/mol. The third-order valence-corrected chi connectivity index (χ3v) is 3.21. The fourth-order valence-electron chi connectivity index (χ4n) is 1.32. The van der Waals surface area contributed by atoms with Gasteiger partial charge in [0.15, 0.2) is 0 Å². The minimum Gasteiger partial charge on any atom is -0.492 e. The quantitative estimate of drug-likeness (QED) is 0.795. The SMILES string of the molecule is CC(CCOc1cccnc1)CCS(N)(=O)=O. The molecule has 5 nitrogen and oxygen atoms in total. The van der Waals surface area contributed by atoms with E-state index in [0.29, 0.717) is 13.0 Å². The van der Waals surface area contributed by atoms with Gasteiger partial charge in [-0.15, -0.1) is 0 Å². The maximum atomic E-state index is 10.8. The molecule has 0 spiro atoms. The number of nitrogens with two attached hydrogens (primary N) is 1. The first-order chi connectivity index (χ1) is 7.97. The van der Waals surface area contributed by atoms with Crippen molar-refractivity contribution in [3.8, 4) is 5.75 Å². The van der Waals surface area contributed by atoms with E-state index in [1.807, 2.05) is 13.0 Å². The molecule has 0 aliphatic heterocycles. The van der Waals surface area contributed by atoms with E-state index in [9.17, 15) is 8.42 Å². The molecule has 0 bridgehead atoms. The van der Waals surface area contributed by atoms with Crippen LogP contribution in [-0.4, -0.2) is 25.8 Å². The van der Waals surface area contributed by atoms with Gasteiger partial charge in [0.05, 0.1) is 18.6 Å². The number of primary sulfonamides is 1. The lowest BCUT2D eigenvalue weighted by Crippen LogP contribution is -2.18. The first kappa shape index (κ1) is 13.9. The van der Waals surface area contributed by atoms with Crippen LogP contribution >= 0.6 is 0 Å². The van der Waals surface area contributed by atoms with Gasteiger partial charge in [0, 0.05) is 6.20 Å². The number of hydrogen-bond donors (Lipinski definition) is 1. The topological polar surface area (TPSA) is 82.3 Å². The van der Waals surface area contributed by atoms with Gasteiger partial charge < -0.3 is 4.74 Å². The van der Waals surface area contributed by atoms with Gasteiger partial charge in [-0.05, 0) is 30.9 Å². The second-order valence-corrected chi connectivity index (χ2v) is 5.82. The summed E-state index contributed by atoms with van der Waals surface area (Å²) in [7, 11) is -3.35. The van der Waals surface area contributed by atoms with Gasteiger partial charge in [0.1, 0.15) is 5.75 Å². The molecule has 96 valence electrons. The summed E-state index contributed by atoms with van der Waals surface area (Å²) in [5.41, 5.74) is 0. The maximum Gasteiger partial charge on any atom is 0.209 e. The Hall–Kier alpha value is -1.14. The van der Waals surface area contributed by atoms with E-state index in [-0.39, 0.29) is 11.7 Å². The number of aromatic nitrogens is 1. The molecular formula is C11H18N2O3S. The third-order valence-electron chi connectivity index (χ3n) is 2.41. The zero-order valence-corrected chi connectivity index (χ0v) is 10.7. The summed E-state index contributed by atoms with van der Waals surface area (Å²) in [5.74, 6) is 1.03. The van der Waals surface area contributed by atoms with Gasteiger partial charge in [-0.2, -0.15) is 0 Å². The molecule has 1 aromatic heterocycles. The molecule has 0 aliphatic carbocycles. The number of nitrogens with zero attached hydrogens (tertiary/aromatic N) is 1. The zero-order valence-electron chi connectivity index (χ0n) is 9.87. The van der Waals surface area contributed by atoms with Gasteiger partial charge in [-0.25, -0.2) is 13.6 Å². The van der Waals surface area contributed by atoms with Gasteiger partial charge in [0.25, 0.3) is 0 Å². The summed E-state index contributed by atoms with van der Waals surface area (Å²) in [6, 6.07) is 3.64. The highest BCUT2D eigenvalue weighted by atomic mass is 32.2. The summed E-state index contributed by atoms with van der Waals surface area (Å²) >= 11 is 0. The fraction of sp³-hybridized carbons (Fsp3) is 0.545. The predicted octanol–water partition coefficient (Wildman–Crippen LogP) is 1.17. The number of sulfonamides is 1. The van der Waals surface area contributed by atoms with Crippen LogP contribution in [0.15, 0.2) is 24.5 Å². The summed E-state index contributed by atoms with van der Waals surface area (Å²) in [6.07, 6.45) is 4.69. The van der Waals surface area contributed by atoms with Crippen LogP contribution in [-0.2, 0) is 10.0 Å². The van der Waals surface area contributed by atoms with Crippen molar-refractivity contribution >= 4 is 10.0 Å². The Balaban J connectivity index is 2.18. The van der Waals surface area contributed by atoms with E-state index in [0.717, 1.165) is 12.2 Å². The molecule has 0 aliphatic rings. The van der Waals surface area contributed by atoms with Crippen LogP contribution in [0.3, 0.4) is 0 Å². The molecule has 1 aromatic rings. The largest absolute Gasteiger partial charge is 0.492 e. The van der Waals surface area contributed by atoms with Crippen molar-refractivity contribution in [3.05, 3.63) is 24.5 Å². The number of pyridine rings is 1. The standard InChI is InChI=1S/C11H18N2O3S/c1-10(5-8-17(12,14)15)4-7-16-11-3-2-6-13-9-11/h2-3,6,9-10H,4-5,7-8H2,1H3,(H2,12,14,15). The average Bonchev–Trinajstić information content (AvgIpc) is 2.27. The lowest BCUT2D eigenvalue weighted by Gasteiger charge is -2.11. The highest BCUT2D eigenvalue weighted by molar-refractivity contribution is 7.89. The summed E-state index contributed by atoms with van der Waals surface area (Å²) < 4.78 is 27.0. The van der Waals surface area contributed by atoms with Gasteiger partial charge in [0.2, 0.25) is 10.0 Å². The van der Waals surface area contributed by atoms with Crippen molar-refractivity contribution in [1.82, 2.24) is 4.98 Å². The van der Waals surface area contributed by atoms with E-state index in [4.69, 9.17) is 9.88 Å². The van der Waals surface area contributed by atoms with Crippen molar-refractivity contribution < 1.29 is 13.2 Å². The summed E-state index contributed by atoms with van der Waals surface area (Å²) in [6.45, 7) is 2.54. The maximum absolute atomic E-state index is 10.8. The number of hydrogen-bond acceptors (Lipinski definition) is 4.